The fourth-order valence-electron chi connectivity index (χ4n) is 4.91. The van der Waals surface area contributed by atoms with Gasteiger partial charge in [0.15, 0.2) is 0 Å². The monoisotopic (exact) mass is 397 g/mol. The van der Waals surface area contributed by atoms with Crippen LogP contribution < -0.4 is 5.32 Å². The third-order valence-corrected chi connectivity index (χ3v) is 6.67. The SMILES string of the molecule is CC(C)(O)CCc1ccc2[nH]cc(C[C@H]3CCCN3C[C@H]3CCCNC3=O)c2c1. The van der Waals surface area contributed by atoms with Crippen LogP contribution in [0.5, 0.6) is 0 Å². The summed E-state index contributed by atoms with van der Waals surface area (Å²) in [6.45, 7) is 6.58. The number of aromatic amines is 1. The van der Waals surface area contributed by atoms with Crippen LogP contribution >= 0.6 is 0 Å². The van der Waals surface area contributed by atoms with Crippen molar-refractivity contribution in [3.8, 4) is 0 Å². The minimum atomic E-state index is -0.633. The molecule has 4 rings (SSSR count). The van der Waals surface area contributed by atoms with E-state index in [1.165, 1.54) is 34.9 Å². The Morgan fingerprint density at radius 3 is 2.90 bits per heavy atom. The first-order valence-electron chi connectivity index (χ1n) is 11.2. The molecule has 0 aliphatic carbocycles. The summed E-state index contributed by atoms with van der Waals surface area (Å²) in [5, 5.41) is 14.4. The van der Waals surface area contributed by atoms with Crippen LogP contribution in [-0.2, 0) is 17.6 Å². The van der Waals surface area contributed by atoms with E-state index in [4.69, 9.17) is 0 Å². The zero-order valence-corrected chi connectivity index (χ0v) is 17.8. The molecule has 3 N–H and O–H groups in total. The van der Waals surface area contributed by atoms with Gasteiger partial charge in [-0.25, -0.2) is 0 Å². The third kappa shape index (κ3) is 5.01. The molecule has 1 aromatic heterocycles. The molecule has 2 aromatic rings. The van der Waals surface area contributed by atoms with Gasteiger partial charge in [-0.05, 0) is 88.6 Å². The van der Waals surface area contributed by atoms with Crippen molar-refractivity contribution in [2.45, 2.75) is 70.4 Å². The number of rotatable bonds is 7. The van der Waals surface area contributed by atoms with Crippen LogP contribution in [0.25, 0.3) is 10.9 Å². The molecular weight excluding hydrogens is 362 g/mol. The third-order valence-electron chi connectivity index (χ3n) is 6.67. The largest absolute Gasteiger partial charge is 0.390 e. The highest BCUT2D eigenvalue weighted by Gasteiger charge is 2.31. The molecule has 2 fully saturated rings. The Bertz CT molecular complexity index is 851. The summed E-state index contributed by atoms with van der Waals surface area (Å²) in [5.41, 5.74) is 3.20. The molecule has 0 saturated carbocycles. The van der Waals surface area contributed by atoms with Gasteiger partial charge in [-0.2, -0.15) is 0 Å². The van der Waals surface area contributed by atoms with Gasteiger partial charge < -0.3 is 15.4 Å². The Kier molecular flexibility index (Phi) is 5.98. The van der Waals surface area contributed by atoms with Crippen LogP contribution in [0.1, 0.15) is 57.1 Å². The Morgan fingerprint density at radius 2 is 2.10 bits per heavy atom. The molecule has 2 aliphatic rings. The number of fused-ring (bicyclic) bond motifs is 1. The van der Waals surface area contributed by atoms with Gasteiger partial charge in [-0.1, -0.05) is 6.07 Å². The standard InChI is InChI=1S/C24H35N3O2/c1-24(2,29)10-9-17-7-8-22-21(13-17)19(15-26-22)14-20-6-4-12-27(20)16-18-5-3-11-25-23(18)28/h7-8,13,15,18,20,26,29H,3-6,9-12,14,16H2,1-2H3,(H,25,28)/t18-,20-/m1/s1. The Morgan fingerprint density at radius 1 is 1.24 bits per heavy atom. The van der Waals surface area contributed by atoms with E-state index in [9.17, 15) is 9.90 Å². The molecular formula is C24H35N3O2. The zero-order valence-electron chi connectivity index (χ0n) is 17.8. The number of likely N-dealkylation sites (tertiary alicyclic amines) is 1. The molecule has 1 aromatic carbocycles. The quantitative estimate of drug-likeness (QED) is 0.671. The van der Waals surface area contributed by atoms with E-state index >= 15 is 0 Å². The van der Waals surface area contributed by atoms with Gasteiger partial charge in [0, 0.05) is 36.2 Å². The lowest BCUT2D eigenvalue weighted by molar-refractivity contribution is -0.127. The van der Waals surface area contributed by atoms with Gasteiger partial charge >= 0.3 is 0 Å². The minimum Gasteiger partial charge on any atom is -0.390 e. The van der Waals surface area contributed by atoms with E-state index in [1.54, 1.807) is 0 Å². The Hall–Kier alpha value is -1.85. The summed E-state index contributed by atoms with van der Waals surface area (Å²) in [7, 11) is 0. The molecule has 3 heterocycles. The fourth-order valence-corrected chi connectivity index (χ4v) is 4.91. The van der Waals surface area contributed by atoms with Crippen molar-refractivity contribution in [2.24, 2.45) is 5.92 Å². The van der Waals surface area contributed by atoms with Gasteiger partial charge in [-0.15, -0.1) is 0 Å². The first-order chi connectivity index (χ1) is 13.9. The van der Waals surface area contributed by atoms with Crippen molar-refractivity contribution in [2.75, 3.05) is 19.6 Å². The number of amides is 1. The molecule has 0 bridgehead atoms. The molecule has 2 aliphatic heterocycles. The summed E-state index contributed by atoms with van der Waals surface area (Å²) in [6.07, 6.45) is 9.39. The number of carbonyl (C=O) groups excluding carboxylic acids is 1. The summed E-state index contributed by atoms with van der Waals surface area (Å²) >= 11 is 0. The molecule has 158 valence electrons. The van der Waals surface area contributed by atoms with Crippen molar-refractivity contribution < 1.29 is 9.90 Å². The van der Waals surface area contributed by atoms with Crippen LogP contribution in [0.3, 0.4) is 0 Å². The Labute approximate surface area is 173 Å². The predicted octanol–water partition coefficient (Wildman–Crippen LogP) is 3.40. The lowest BCUT2D eigenvalue weighted by atomic mass is 9.95. The van der Waals surface area contributed by atoms with Crippen molar-refractivity contribution >= 4 is 16.8 Å². The fraction of sp³-hybridized carbons (Fsp3) is 0.625. The maximum absolute atomic E-state index is 12.2. The van der Waals surface area contributed by atoms with Gasteiger partial charge in [0.2, 0.25) is 5.91 Å². The molecule has 5 nitrogen and oxygen atoms in total. The average molecular weight is 398 g/mol. The second kappa shape index (κ2) is 8.49. The number of carbonyl (C=O) groups is 1. The van der Waals surface area contributed by atoms with Gasteiger partial charge in [0.25, 0.3) is 0 Å². The molecule has 2 saturated heterocycles. The molecule has 5 heteroatoms. The zero-order chi connectivity index (χ0) is 20.4. The van der Waals surface area contributed by atoms with Crippen LogP contribution in [0, 0.1) is 5.92 Å². The number of nitrogens with one attached hydrogen (secondary N) is 2. The second-order valence-corrected chi connectivity index (χ2v) is 9.63. The van der Waals surface area contributed by atoms with Gasteiger partial charge in [0.1, 0.15) is 0 Å². The van der Waals surface area contributed by atoms with E-state index in [0.717, 1.165) is 51.7 Å². The molecule has 0 spiro atoms. The summed E-state index contributed by atoms with van der Waals surface area (Å²) in [6, 6.07) is 7.14. The van der Waals surface area contributed by atoms with E-state index < -0.39 is 5.60 Å². The number of benzene rings is 1. The number of aryl methyl sites for hydroxylation is 1. The lowest BCUT2D eigenvalue weighted by Gasteiger charge is -2.30. The number of piperidine rings is 1. The number of aromatic nitrogens is 1. The van der Waals surface area contributed by atoms with E-state index in [2.05, 4.69) is 39.6 Å². The molecule has 2 atom stereocenters. The van der Waals surface area contributed by atoms with Crippen molar-refractivity contribution in [3.05, 3.63) is 35.5 Å². The summed E-state index contributed by atoms with van der Waals surface area (Å²) in [5.74, 6) is 0.395. The number of hydrogen-bond acceptors (Lipinski definition) is 3. The van der Waals surface area contributed by atoms with Crippen molar-refractivity contribution in [3.63, 3.8) is 0 Å². The summed E-state index contributed by atoms with van der Waals surface area (Å²) < 4.78 is 0. The van der Waals surface area contributed by atoms with E-state index in [-0.39, 0.29) is 11.8 Å². The predicted molar refractivity (Wildman–Crippen MR) is 117 cm³/mol. The average Bonchev–Trinajstić information content (AvgIpc) is 3.29. The maximum Gasteiger partial charge on any atom is 0.224 e. The highest BCUT2D eigenvalue weighted by atomic mass is 16.3. The number of H-pyrrole nitrogens is 1. The maximum atomic E-state index is 12.2. The van der Waals surface area contributed by atoms with Crippen LogP contribution in [0.4, 0.5) is 0 Å². The van der Waals surface area contributed by atoms with Crippen LogP contribution in [0.15, 0.2) is 24.4 Å². The van der Waals surface area contributed by atoms with Crippen LogP contribution in [-0.4, -0.2) is 52.2 Å². The smallest absolute Gasteiger partial charge is 0.224 e. The number of nitrogens with zero attached hydrogens (tertiary/aromatic N) is 1. The summed E-state index contributed by atoms with van der Waals surface area (Å²) in [4.78, 5) is 18.2. The lowest BCUT2D eigenvalue weighted by Crippen LogP contribution is -2.44. The minimum absolute atomic E-state index is 0.153. The topological polar surface area (TPSA) is 68.4 Å². The van der Waals surface area contributed by atoms with Gasteiger partial charge in [-0.3, -0.25) is 9.69 Å². The Balaban J connectivity index is 1.45. The second-order valence-electron chi connectivity index (χ2n) is 9.63. The molecule has 29 heavy (non-hydrogen) atoms. The van der Waals surface area contributed by atoms with Gasteiger partial charge in [0.05, 0.1) is 11.5 Å². The van der Waals surface area contributed by atoms with Crippen molar-refractivity contribution in [1.29, 1.82) is 0 Å². The molecule has 0 radical (unpaired) electrons. The first kappa shape index (κ1) is 20.4. The first-order valence-corrected chi connectivity index (χ1v) is 11.2. The van der Waals surface area contributed by atoms with E-state index in [0.29, 0.717) is 6.04 Å². The number of hydrogen-bond donors (Lipinski definition) is 3. The normalized spacial score (nSPS) is 23.6. The van der Waals surface area contributed by atoms with Crippen LogP contribution in [0.2, 0.25) is 0 Å². The number of aliphatic hydroxyl groups is 1. The molecule has 0 unspecified atom stereocenters. The highest BCUT2D eigenvalue weighted by Crippen LogP contribution is 2.28. The molecule has 1 amide bonds. The van der Waals surface area contributed by atoms with E-state index in [1.807, 2.05) is 13.8 Å². The highest BCUT2D eigenvalue weighted by molar-refractivity contribution is 5.84. The van der Waals surface area contributed by atoms with Crippen molar-refractivity contribution in [1.82, 2.24) is 15.2 Å².